The van der Waals surface area contributed by atoms with E-state index in [2.05, 4.69) is 14.7 Å². The van der Waals surface area contributed by atoms with Gasteiger partial charge < -0.3 is 9.47 Å². The number of aryl methyl sites for hydroxylation is 1. The Morgan fingerprint density at radius 1 is 1.12 bits per heavy atom. The van der Waals surface area contributed by atoms with E-state index in [-0.39, 0.29) is 16.4 Å². The Hall–Kier alpha value is -2.68. The molecule has 0 radical (unpaired) electrons. The number of hydrogen-bond donors (Lipinski definition) is 1. The zero-order valence-electron chi connectivity index (χ0n) is 14.4. The molecule has 2 aromatic carbocycles. The largest absolute Gasteiger partial charge is 0.493 e. The van der Waals surface area contributed by atoms with Crippen molar-refractivity contribution >= 4 is 15.7 Å². The zero-order chi connectivity index (χ0) is 19.3. The van der Waals surface area contributed by atoms with Gasteiger partial charge in [0.15, 0.2) is 11.5 Å². The van der Waals surface area contributed by atoms with Crippen LogP contribution in [0, 0.1) is 6.92 Å². The van der Waals surface area contributed by atoms with E-state index in [0.29, 0.717) is 11.3 Å². The molecule has 0 saturated heterocycles. The van der Waals surface area contributed by atoms with E-state index in [9.17, 15) is 17.2 Å². The van der Waals surface area contributed by atoms with Crippen LogP contribution in [-0.4, -0.2) is 27.9 Å². The van der Waals surface area contributed by atoms with Gasteiger partial charge in [-0.1, -0.05) is 17.7 Å². The molecule has 26 heavy (non-hydrogen) atoms. The standard InChI is InChI=1S/C17H18F2N2O4S/c1-11-4-7-14(8-5-11)26(22,23)21-20-12(2)13-6-9-15(25-17(18)19)16(10-13)24-3/h4-10,17,21H,1-3H3/b20-12-. The van der Waals surface area contributed by atoms with E-state index in [0.717, 1.165) is 5.56 Å². The van der Waals surface area contributed by atoms with Crippen molar-refractivity contribution in [2.75, 3.05) is 7.11 Å². The Morgan fingerprint density at radius 3 is 2.35 bits per heavy atom. The van der Waals surface area contributed by atoms with E-state index in [1.807, 2.05) is 6.92 Å². The van der Waals surface area contributed by atoms with Crippen molar-refractivity contribution < 1.29 is 26.7 Å². The normalized spacial score (nSPS) is 12.2. The van der Waals surface area contributed by atoms with Crippen LogP contribution >= 0.6 is 0 Å². The Morgan fingerprint density at radius 2 is 1.77 bits per heavy atom. The average Bonchev–Trinajstić information content (AvgIpc) is 2.60. The highest BCUT2D eigenvalue weighted by atomic mass is 32.2. The van der Waals surface area contributed by atoms with Gasteiger partial charge in [-0.25, -0.2) is 0 Å². The van der Waals surface area contributed by atoms with Crippen LogP contribution in [0.4, 0.5) is 8.78 Å². The van der Waals surface area contributed by atoms with Crippen molar-refractivity contribution in [1.82, 2.24) is 4.83 Å². The van der Waals surface area contributed by atoms with Gasteiger partial charge in [-0.15, -0.1) is 0 Å². The molecule has 1 N–H and O–H groups in total. The minimum Gasteiger partial charge on any atom is -0.493 e. The number of alkyl halides is 2. The molecule has 0 amide bonds. The number of halogens is 2. The number of benzene rings is 2. The summed E-state index contributed by atoms with van der Waals surface area (Å²) in [6.07, 6.45) is 0. The van der Waals surface area contributed by atoms with Gasteiger partial charge in [0.2, 0.25) is 0 Å². The topological polar surface area (TPSA) is 77.0 Å². The Bertz CT molecular complexity index is 897. The minimum absolute atomic E-state index is 0.0814. The van der Waals surface area contributed by atoms with Crippen LogP contribution in [0.2, 0.25) is 0 Å². The third kappa shape index (κ3) is 4.92. The highest BCUT2D eigenvalue weighted by Gasteiger charge is 2.14. The summed E-state index contributed by atoms with van der Waals surface area (Å²) < 4.78 is 58.5. The molecule has 6 nitrogen and oxygen atoms in total. The van der Waals surface area contributed by atoms with E-state index in [1.54, 1.807) is 19.1 Å². The lowest BCUT2D eigenvalue weighted by molar-refractivity contribution is -0.0512. The Balaban J connectivity index is 2.22. The third-order valence-electron chi connectivity index (χ3n) is 3.46. The summed E-state index contributed by atoms with van der Waals surface area (Å²) in [7, 11) is -2.50. The van der Waals surface area contributed by atoms with Gasteiger partial charge in [0, 0.05) is 5.56 Å². The predicted octanol–water partition coefficient (Wildman–Crippen LogP) is 3.31. The summed E-state index contributed by atoms with van der Waals surface area (Å²) in [5, 5.41) is 3.87. The fourth-order valence-electron chi connectivity index (χ4n) is 2.05. The van der Waals surface area contributed by atoms with Crippen LogP contribution in [0.3, 0.4) is 0 Å². The second-order valence-corrected chi connectivity index (χ2v) is 7.01. The number of methoxy groups -OCH3 is 1. The van der Waals surface area contributed by atoms with Gasteiger partial charge in [-0.3, -0.25) is 0 Å². The highest BCUT2D eigenvalue weighted by molar-refractivity contribution is 7.89. The van der Waals surface area contributed by atoms with Crippen LogP contribution in [0.15, 0.2) is 52.5 Å². The first kappa shape index (κ1) is 19.6. The molecule has 0 atom stereocenters. The van der Waals surface area contributed by atoms with E-state index in [1.165, 1.54) is 37.4 Å². The quantitative estimate of drug-likeness (QED) is 0.587. The molecule has 0 spiro atoms. The van der Waals surface area contributed by atoms with Gasteiger partial charge in [-0.05, 0) is 44.2 Å². The number of nitrogens with zero attached hydrogens (tertiary/aromatic N) is 1. The van der Waals surface area contributed by atoms with Gasteiger partial charge in [0.25, 0.3) is 10.0 Å². The number of ether oxygens (including phenoxy) is 2. The van der Waals surface area contributed by atoms with Crippen LogP contribution < -0.4 is 14.3 Å². The van der Waals surface area contributed by atoms with Crippen molar-refractivity contribution in [3.63, 3.8) is 0 Å². The molecule has 0 fully saturated rings. The molecule has 0 aliphatic heterocycles. The Labute approximate surface area is 150 Å². The molecule has 2 aromatic rings. The lowest BCUT2D eigenvalue weighted by Crippen LogP contribution is -2.20. The molecule has 0 aromatic heterocycles. The van der Waals surface area contributed by atoms with Crippen molar-refractivity contribution in [3.8, 4) is 11.5 Å². The van der Waals surface area contributed by atoms with E-state index in [4.69, 9.17) is 4.74 Å². The monoisotopic (exact) mass is 384 g/mol. The van der Waals surface area contributed by atoms with E-state index >= 15 is 0 Å². The maximum atomic E-state index is 12.4. The number of nitrogens with one attached hydrogen (secondary N) is 1. The first-order valence-corrected chi connectivity index (χ1v) is 8.97. The van der Waals surface area contributed by atoms with Gasteiger partial charge >= 0.3 is 6.61 Å². The molecule has 0 bridgehead atoms. The second-order valence-electron chi connectivity index (χ2n) is 5.35. The number of sulfonamides is 1. The molecule has 140 valence electrons. The van der Waals surface area contributed by atoms with Gasteiger partial charge in [0.1, 0.15) is 0 Å². The molecule has 2 rings (SSSR count). The molecular weight excluding hydrogens is 366 g/mol. The molecule has 9 heteroatoms. The van der Waals surface area contributed by atoms with Gasteiger partial charge in [0.05, 0.1) is 17.7 Å². The van der Waals surface area contributed by atoms with Crippen molar-refractivity contribution in [1.29, 1.82) is 0 Å². The first-order valence-electron chi connectivity index (χ1n) is 7.49. The fraction of sp³-hybridized carbons (Fsp3) is 0.235. The van der Waals surface area contributed by atoms with Crippen LogP contribution in [0.1, 0.15) is 18.1 Å². The average molecular weight is 384 g/mol. The maximum absolute atomic E-state index is 12.4. The minimum atomic E-state index is -3.81. The summed E-state index contributed by atoms with van der Waals surface area (Å²) in [6.45, 7) is 0.437. The van der Waals surface area contributed by atoms with Crippen molar-refractivity contribution in [2.24, 2.45) is 5.10 Å². The summed E-state index contributed by atoms with van der Waals surface area (Å²) in [4.78, 5) is 2.23. The van der Waals surface area contributed by atoms with Gasteiger partial charge in [-0.2, -0.15) is 27.1 Å². The number of rotatable bonds is 7. The molecule has 0 aliphatic carbocycles. The molecular formula is C17H18F2N2O4S. The fourth-order valence-corrected chi connectivity index (χ4v) is 2.91. The maximum Gasteiger partial charge on any atom is 0.387 e. The summed E-state index contributed by atoms with van der Waals surface area (Å²) in [6, 6.07) is 10.5. The van der Waals surface area contributed by atoms with E-state index < -0.39 is 16.6 Å². The third-order valence-corrected chi connectivity index (χ3v) is 4.69. The molecule has 0 heterocycles. The van der Waals surface area contributed by atoms with Crippen LogP contribution in [-0.2, 0) is 10.0 Å². The van der Waals surface area contributed by atoms with Crippen molar-refractivity contribution in [2.45, 2.75) is 25.4 Å². The zero-order valence-corrected chi connectivity index (χ0v) is 15.2. The highest BCUT2D eigenvalue weighted by Crippen LogP contribution is 2.29. The molecule has 0 saturated carbocycles. The van der Waals surface area contributed by atoms with Crippen LogP contribution in [0.5, 0.6) is 11.5 Å². The van der Waals surface area contributed by atoms with Crippen LogP contribution in [0.25, 0.3) is 0 Å². The summed E-state index contributed by atoms with van der Waals surface area (Å²) >= 11 is 0. The summed E-state index contributed by atoms with van der Waals surface area (Å²) in [5.41, 5.74) is 1.74. The number of hydrogen-bond acceptors (Lipinski definition) is 5. The lowest BCUT2D eigenvalue weighted by Gasteiger charge is -2.11. The van der Waals surface area contributed by atoms with Crippen molar-refractivity contribution in [3.05, 3.63) is 53.6 Å². The molecule has 0 aliphatic rings. The summed E-state index contributed by atoms with van der Waals surface area (Å²) in [5.74, 6) is -0.0435. The number of hydrazone groups is 1. The smallest absolute Gasteiger partial charge is 0.387 e. The SMILES string of the molecule is COc1cc(/C(C)=N\NS(=O)(=O)c2ccc(C)cc2)ccc1OC(F)F. The first-order chi connectivity index (χ1) is 12.2. The second kappa shape index (κ2) is 8.13. The Kier molecular flexibility index (Phi) is 6.14. The lowest BCUT2D eigenvalue weighted by atomic mass is 10.1. The molecule has 0 unspecified atom stereocenters. The predicted molar refractivity (Wildman–Crippen MR) is 93.3 cm³/mol.